The fourth-order valence-electron chi connectivity index (χ4n) is 1.63. The van der Waals surface area contributed by atoms with Crippen LogP contribution in [0, 0.1) is 0 Å². The Bertz CT molecular complexity index is 411. The summed E-state index contributed by atoms with van der Waals surface area (Å²) in [6.07, 6.45) is 0. The number of carboxylic acid groups (broad SMARTS) is 1. The van der Waals surface area contributed by atoms with E-state index in [-0.39, 0.29) is 13.1 Å². The Morgan fingerprint density at radius 3 is 2.63 bits per heavy atom. The van der Waals surface area contributed by atoms with Gasteiger partial charge in [-0.15, -0.1) is 0 Å². The van der Waals surface area contributed by atoms with Gasteiger partial charge in [0.05, 0.1) is 0 Å². The highest BCUT2D eigenvalue weighted by molar-refractivity contribution is 5.92. The summed E-state index contributed by atoms with van der Waals surface area (Å²) in [7, 11) is 1.42. The van der Waals surface area contributed by atoms with Crippen molar-refractivity contribution in [1.82, 2.24) is 20.9 Å². The quantitative estimate of drug-likeness (QED) is 0.460. The molecule has 106 valence electrons. The molecule has 1 saturated heterocycles. The van der Waals surface area contributed by atoms with Crippen molar-refractivity contribution in [2.45, 2.75) is 19.0 Å². The minimum atomic E-state index is -1.22. The molecule has 0 spiro atoms. The molecule has 2 atom stereocenters. The van der Waals surface area contributed by atoms with Crippen LogP contribution in [0.1, 0.15) is 6.92 Å². The molecule has 1 fully saturated rings. The number of nitrogens with one attached hydrogen (secondary N) is 3. The number of aliphatic carboxylic acids is 1. The number of carboxylic acids is 1. The molecule has 9 nitrogen and oxygen atoms in total. The lowest BCUT2D eigenvalue weighted by atomic mass is 10.2. The molecule has 0 bridgehead atoms. The van der Waals surface area contributed by atoms with Crippen LogP contribution in [-0.4, -0.2) is 66.0 Å². The number of likely N-dealkylation sites (N-methyl/N-ethyl adjacent to an activating group) is 1. The second kappa shape index (κ2) is 6.03. The van der Waals surface area contributed by atoms with Gasteiger partial charge in [-0.25, -0.2) is 9.59 Å². The summed E-state index contributed by atoms with van der Waals surface area (Å²) in [5, 5.41) is 16.0. The number of hydrogen-bond acceptors (Lipinski definition) is 4. The van der Waals surface area contributed by atoms with Crippen LogP contribution in [0.5, 0.6) is 0 Å². The molecule has 4 N–H and O–H groups in total. The van der Waals surface area contributed by atoms with E-state index in [9.17, 15) is 19.2 Å². The summed E-state index contributed by atoms with van der Waals surface area (Å²) in [5.74, 6) is -2.08. The summed E-state index contributed by atoms with van der Waals surface area (Å²) < 4.78 is 0. The van der Waals surface area contributed by atoms with E-state index in [1.54, 1.807) is 0 Å². The third kappa shape index (κ3) is 3.57. The van der Waals surface area contributed by atoms with Crippen LogP contribution >= 0.6 is 0 Å². The zero-order valence-electron chi connectivity index (χ0n) is 10.6. The van der Waals surface area contributed by atoms with Gasteiger partial charge in [0.1, 0.15) is 18.6 Å². The first-order chi connectivity index (χ1) is 8.86. The average Bonchev–Trinajstić information content (AvgIpc) is 2.36. The molecule has 0 aromatic heterocycles. The standard InChI is InChI=1S/C10H16N4O5/c1-5(8(16)11-2)13-10(19)14-4-7(15)12-3-6(14)9(17)18/h5-6H,3-4H2,1-2H3,(H,11,16)(H,12,15)(H,13,19)(H,17,18). The Labute approximate surface area is 109 Å². The van der Waals surface area contributed by atoms with Gasteiger partial charge in [-0.3, -0.25) is 14.5 Å². The fourth-order valence-corrected chi connectivity index (χ4v) is 1.63. The fraction of sp³-hybridized carbons (Fsp3) is 0.600. The maximum absolute atomic E-state index is 11.9. The van der Waals surface area contributed by atoms with Crippen molar-refractivity contribution in [2.75, 3.05) is 20.1 Å². The van der Waals surface area contributed by atoms with Gasteiger partial charge in [0, 0.05) is 13.6 Å². The maximum Gasteiger partial charge on any atom is 0.328 e. The molecule has 19 heavy (non-hydrogen) atoms. The van der Waals surface area contributed by atoms with Crippen molar-refractivity contribution in [1.29, 1.82) is 0 Å². The smallest absolute Gasteiger partial charge is 0.328 e. The number of carbonyl (C=O) groups excluding carboxylic acids is 3. The van der Waals surface area contributed by atoms with Crippen molar-refractivity contribution in [3.05, 3.63) is 0 Å². The molecule has 0 aliphatic carbocycles. The van der Waals surface area contributed by atoms with Crippen LogP contribution in [0.2, 0.25) is 0 Å². The first-order valence-corrected chi connectivity index (χ1v) is 5.65. The third-order valence-corrected chi connectivity index (χ3v) is 2.71. The molecular weight excluding hydrogens is 256 g/mol. The highest BCUT2D eigenvalue weighted by atomic mass is 16.4. The van der Waals surface area contributed by atoms with E-state index in [4.69, 9.17) is 5.11 Å². The van der Waals surface area contributed by atoms with E-state index >= 15 is 0 Å². The third-order valence-electron chi connectivity index (χ3n) is 2.71. The largest absolute Gasteiger partial charge is 0.480 e. The van der Waals surface area contributed by atoms with E-state index in [2.05, 4.69) is 16.0 Å². The van der Waals surface area contributed by atoms with Gasteiger partial charge in [0.2, 0.25) is 11.8 Å². The Morgan fingerprint density at radius 1 is 1.47 bits per heavy atom. The Morgan fingerprint density at radius 2 is 2.11 bits per heavy atom. The normalized spacial score (nSPS) is 20.2. The minimum Gasteiger partial charge on any atom is -0.480 e. The van der Waals surface area contributed by atoms with E-state index < -0.39 is 35.9 Å². The summed E-state index contributed by atoms with van der Waals surface area (Å²) in [5.41, 5.74) is 0. The van der Waals surface area contributed by atoms with Crippen LogP contribution in [0.4, 0.5) is 4.79 Å². The lowest BCUT2D eigenvalue weighted by Gasteiger charge is -2.33. The van der Waals surface area contributed by atoms with Crippen LogP contribution in [0.15, 0.2) is 0 Å². The molecule has 1 aliphatic rings. The summed E-state index contributed by atoms with van der Waals surface area (Å²) in [6, 6.07) is -2.73. The van der Waals surface area contributed by atoms with Gasteiger partial charge < -0.3 is 21.1 Å². The highest BCUT2D eigenvalue weighted by Crippen LogP contribution is 2.05. The number of hydrogen-bond donors (Lipinski definition) is 4. The predicted octanol–water partition coefficient (Wildman–Crippen LogP) is -2.28. The average molecular weight is 272 g/mol. The second-order valence-corrected chi connectivity index (χ2v) is 4.07. The predicted molar refractivity (Wildman–Crippen MR) is 63.2 cm³/mol. The topological polar surface area (TPSA) is 128 Å². The molecule has 0 aromatic rings. The van der Waals surface area contributed by atoms with Crippen molar-refractivity contribution in [2.24, 2.45) is 0 Å². The van der Waals surface area contributed by atoms with Gasteiger partial charge in [-0.2, -0.15) is 0 Å². The van der Waals surface area contributed by atoms with E-state index in [1.807, 2.05) is 0 Å². The van der Waals surface area contributed by atoms with Crippen molar-refractivity contribution in [3.8, 4) is 0 Å². The first-order valence-electron chi connectivity index (χ1n) is 5.65. The molecule has 4 amide bonds. The highest BCUT2D eigenvalue weighted by Gasteiger charge is 2.35. The number of carbonyl (C=O) groups is 4. The summed E-state index contributed by atoms with van der Waals surface area (Å²) in [6.45, 7) is 0.940. The van der Waals surface area contributed by atoms with Crippen molar-refractivity contribution in [3.63, 3.8) is 0 Å². The maximum atomic E-state index is 11.9. The Hall–Kier alpha value is -2.32. The number of rotatable bonds is 3. The first kappa shape index (κ1) is 14.7. The molecule has 9 heteroatoms. The molecule has 1 heterocycles. The monoisotopic (exact) mass is 272 g/mol. The summed E-state index contributed by atoms with van der Waals surface area (Å²) >= 11 is 0. The van der Waals surface area contributed by atoms with Gasteiger partial charge >= 0.3 is 12.0 Å². The van der Waals surface area contributed by atoms with Gasteiger partial charge in [0.15, 0.2) is 0 Å². The number of nitrogens with zero attached hydrogens (tertiary/aromatic N) is 1. The Balaban J connectivity index is 2.73. The summed E-state index contributed by atoms with van der Waals surface area (Å²) in [4.78, 5) is 46.3. The Kier molecular flexibility index (Phi) is 4.67. The van der Waals surface area contributed by atoms with Crippen molar-refractivity contribution < 1.29 is 24.3 Å². The molecule has 0 aromatic carbocycles. The van der Waals surface area contributed by atoms with Crippen molar-refractivity contribution >= 4 is 23.8 Å². The molecular formula is C10H16N4O5. The lowest BCUT2D eigenvalue weighted by molar-refractivity contribution is -0.144. The van der Waals surface area contributed by atoms with E-state index in [1.165, 1.54) is 14.0 Å². The lowest BCUT2D eigenvalue weighted by Crippen LogP contribution is -2.62. The number of urea groups is 1. The zero-order valence-corrected chi connectivity index (χ0v) is 10.6. The van der Waals surface area contributed by atoms with E-state index in [0.717, 1.165) is 4.90 Å². The van der Waals surface area contributed by atoms with Crippen LogP contribution in [0.25, 0.3) is 0 Å². The van der Waals surface area contributed by atoms with Gasteiger partial charge in [-0.05, 0) is 6.92 Å². The number of piperazine rings is 1. The van der Waals surface area contributed by atoms with Crippen LogP contribution in [-0.2, 0) is 14.4 Å². The number of amides is 4. The van der Waals surface area contributed by atoms with Crippen LogP contribution < -0.4 is 16.0 Å². The SMILES string of the molecule is CNC(=O)C(C)NC(=O)N1CC(=O)NCC1C(=O)O. The van der Waals surface area contributed by atoms with E-state index in [0.29, 0.717) is 0 Å². The van der Waals surface area contributed by atoms with Crippen LogP contribution in [0.3, 0.4) is 0 Å². The zero-order chi connectivity index (χ0) is 14.6. The molecule has 0 saturated carbocycles. The minimum absolute atomic E-state index is 0.157. The second-order valence-electron chi connectivity index (χ2n) is 4.07. The molecule has 0 radical (unpaired) electrons. The van der Waals surface area contributed by atoms with Gasteiger partial charge in [0.25, 0.3) is 0 Å². The molecule has 1 rings (SSSR count). The molecule has 2 unspecified atom stereocenters. The molecule has 1 aliphatic heterocycles. The van der Waals surface area contributed by atoms with Gasteiger partial charge in [-0.1, -0.05) is 0 Å².